The molecule has 0 bridgehead atoms. The number of nitrogens with zero attached hydrogens (tertiary/aromatic N) is 1. The number of aliphatic hydroxyl groups excluding tert-OH is 1. The van der Waals surface area contributed by atoms with Gasteiger partial charge in [0, 0.05) is 35.2 Å². The standard InChI is InChI=1S/C22H22ClNO5/c1-24-8-7-13(15(24)11-25)20-19(28-2)10-17(27)21-16(26)9-18(29-22(20)21)12-5-3-4-6-14(12)23/h3-6,9-10,13,15,25,27H,7-8,11H2,1-2H3/t13-,15+/m0/s1. The predicted molar refractivity (Wildman–Crippen MR) is 112 cm³/mol. The number of ether oxygens (including phenoxy) is 1. The lowest BCUT2D eigenvalue weighted by atomic mass is 9.89. The Bertz CT molecular complexity index is 1130. The van der Waals surface area contributed by atoms with E-state index in [1.54, 1.807) is 18.2 Å². The zero-order valence-electron chi connectivity index (χ0n) is 16.2. The number of benzene rings is 2. The third-order valence-electron chi connectivity index (χ3n) is 5.72. The highest BCUT2D eigenvalue weighted by Crippen LogP contribution is 2.44. The molecular weight excluding hydrogens is 394 g/mol. The largest absolute Gasteiger partial charge is 0.507 e. The minimum Gasteiger partial charge on any atom is -0.507 e. The molecule has 6 nitrogen and oxygen atoms in total. The highest BCUT2D eigenvalue weighted by molar-refractivity contribution is 6.33. The average molecular weight is 416 g/mol. The van der Waals surface area contributed by atoms with Crippen molar-refractivity contribution in [2.24, 2.45) is 0 Å². The molecule has 152 valence electrons. The fraction of sp³-hybridized carbons (Fsp3) is 0.318. The van der Waals surface area contributed by atoms with E-state index in [0.29, 0.717) is 27.7 Å². The average Bonchev–Trinajstić information content (AvgIpc) is 3.07. The van der Waals surface area contributed by atoms with E-state index in [0.717, 1.165) is 13.0 Å². The highest BCUT2D eigenvalue weighted by atomic mass is 35.5. The number of likely N-dealkylation sites (tertiary alicyclic amines) is 1. The SMILES string of the molecule is COc1cc(O)c2c(=O)cc(-c3ccccc3Cl)oc2c1[C@H]1CCN(C)[C@@H]1CO. The number of fused-ring (bicyclic) bond motifs is 1. The van der Waals surface area contributed by atoms with E-state index in [1.165, 1.54) is 19.2 Å². The van der Waals surface area contributed by atoms with Gasteiger partial charge < -0.3 is 24.3 Å². The maximum atomic E-state index is 12.9. The summed E-state index contributed by atoms with van der Waals surface area (Å²) in [5.41, 5.74) is 1.16. The van der Waals surface area contributed by atoms with Crippen LogP contribution in [0.5, 0.6) is 11.5 Å². The number of hydrogen-bond acceptors (Lipinski definition) is 6. The third-order valence-corrected chi connectivity index (χ3v) is 6.05. The van der Waals surface area contributed by atoms with Crippen molar-refractivity contribution in [2.45, 2.75) is 18.4 Å². The molecule has 0 amide bonds. The maximum absolute atomic E-state index is 12.9. The van der Waals surface area contributed by atoms with E-state index in [4.69, 9.17) is 20.8 Å². The first-order chi connectivity index (χ1) is 14.0. The van der Waals surface area contributed by atoms with Crippen LogP contribution in [0.2, 0.25) is 5.02 Å². The van der Waals surface area contributed by atoms with Crippen molar-refractivity contribution in [3.05, 3.63) is 57.2 Å². The lowest BCUT2D eigenvalue weighted by molar-refractivity contribution is 0.171. The summed E-state index contributed by atoms with van der Waals surface area (Å²) in [4.78, 5) is 15.0. The molecule has 3 aromatic rings. The van der Waals surface area contributed by atoms with Gasteiger partial charge in [-0.25, -0.2) is 0 Å². The summed E-state index contributed by atoms with van der Waals surface area (Å²) in [6, 6.07) is 9.73. The summed E-state index contributed by atoms with van der Waals surface area (Å²) in [6.45, 7) is 0.747. The number of phenolic OH excluding ortho intramolecular Hbond substituents is 1. The van der Waals surface area contributed by atoms with Crippen LogP contribution in [0.1, 0.15) is 17.9 Å². The molecule has 0 radical (unpaired) electrons. The smallest absolute Gasteiger partial charge is 0.197 e. The van der Waals surface area contributed by atoms with Crippen molar-refractivity contribution < 1.29 is 19.4 Å². The van der Waals surface area contributed by atoms with Crippen LogP contribution >= 0.6 is 11.6 Å². The Hall–Kier alpha value is -2.54. The number of aliphatic hydroxyl groups is 1. The summed E-state index contributed by atoms with van der Waals surface area (Å²) in [6.07, 6.45) is 0.762. The second-order valence-electron chi connectivity index (χ2n) is 7.30. The fourth-order valence-electron chi connectivity index (χ4n) is 4.24. The number of hydrogen-bond donors (Lipinski definition) is 2. The first-order valence-corrected chi connectivity index (χ1v) is 9.77. The van der Waals surface area contributed by atoms with Crippen LogP contribution in [0.4, 0.5) is 0 Å². The quantitative estimate of drug-likeness (QED) is 0.677. The fourth-order valence-corrected chi connectivity index (χ4v) is 4.47. The lowest BCUT2D eigenvalue weighted by Crippen LogP contribution is -2.32. The van der Waals surface area contributed by atoms with Crippen molar-refractivity contribution in [1.29, 1.82) is 0 Å². The van der Waals surface area contributed by atoms with Gasteiger partial charge in [-0.2, -0.15) is 0 Å². The van der Waals surface area contributed by atoms with Crippen molar-refractivity contribution in [3.63, 3.8) is 0 Å². The number of rotatable bonds is 4. The molecular formula is C22H22ClNO5. The van der Waals surface area contributed by atoms with Gasteiger partial charge in [0.15, 0.2) is 5.43 Å². The summed E-state index contributed by atoms with van der Waals surface area (Å²) >= 11 is 6.31. The van der Waals surface area contributed by atoms with Gasteiger partial charge in [0.2, 0.25) is 0 Å². The van der Waals surface area contributed by atoms with Gasteiger partial charge in [0.05, 0.1) is 18.7 Å². The molecule has 0 spiro atoms. The Labute approximate surface area is 172 Å². The van der Waals surface area contributed by atoms with Gasteiger partial charge in [-0.3, -0.25) is 4.79 Å². The predicted octanol–water partition coefficient (Wildman–Crippen LogP) is 3.61. The normalized spacial score (nSPS) is 19.7. The van der Waals surface area contributed by atoms with Crippen LogP contribution < -0.4 is 10.2 Å². The number of likely N-dealkylation sites (N-methyl/N-ethyl adjacent to an activating group) is 1. The van der Waals surface area contributed by atoms with Crippen LogP contribution in [0.25, 0.3) is 22.3 Å². The van der Waals surface area contributed by atoms with E-state index in [2.05, 4.69) is 4.90 Å². The number of aromatic hydroxyl groups is 1. The monoisotopic (exact) mass is 415 g/mol. The number of phenols is 1. The van der Waals surface area contributed by atoms with Crippen LogP contribution in [0, 0.1) is 0 Å². The van der Waals surface area contributed by atoms with Crippen molar-refractivity contribution in [3.8, 4) is 22.8 Å². The molecule has 1 aliphatic rings. The summed E-state index contributed by atoms with van der Waals surface area (Å²) < 4.78 is 11.7. The molecule has 0 unspecified atom stereocenters. The first kappa shape index (κ1) is 19.8. The first-order valence-electron chi connectivity index (χ1n) is 9.40. The van der Waals surface area contributed by atoms with Crippen molar-refractivity contribution in [1.82, 2.24) is 4.90 Å². The Morgan fingerprint density at radius 3 is 2.76 bits per heavy atom. The molecule has 1 fully saturated rings. The molecule has 0 aliphatic carbocycles. The lowest BCUT2D eigenvalue weighted by Gasteiger charge is -2.25. The second-order valence-corrected chi connectivity index (χ2v) is 7.70. The van der Waals surface area contributed by atoms with Gasteiger partial charge in [-0.05, 0) is 32.1 Å². The minimum atomic E-state index is -0.366. The van der Waals surface area contributed by atoms with Gasteiger partial charge in [0.1, 0.15) is 28.2 Å². The van der Waals surface area contributed by atoms with Gasteiger partial charge in [-0.1, -0.05) is 23.7 Å². The molecule has 1 aromatic heterocycles. The van der Waals surface area contributed by atoms with Gasteiger partial charge in [-0.15, -0.1) is 0 Å². The summed E-state index contributed by atoms with van der Waals surface area (Å²) in [5.74, 6) is 0.418. The molecule has 2 heterocycles. The van der Waals surface area contributed by atoms with Crippen LogP contribution in [0.3, 0.4) is 0 Å². The minimum absolute atomic E-state index is 0.0405. The van der Waals surface area contributed by atoms with E-state index in [-0.39, 0.29) is 40.7 Å². The summed E-state index contributed by atoms with van der Waals surface area (Å²) in [5, 5.41) is 21.0. The zero-order valence-corrected chi connectivity index (χ0v) is 16.9. The second kappa shape index (κ2) is 7.71. The van der Waals surface area contributed by atoms with Gasteiger partial charge in [0.25, 0.3) is 0 Å². The molecule has 1 aliphatic heterocycles. The van der Waals surface area contributed by atoms with E-state index in [1.807, 2.05) is 13.1 Å². The molecule has 7 heteroatoms. The molecule has 2 aromatic carbocycles. The molecule has 2 N–H and O–H groups in total. The maximum Gasteiger partial charge on any atom is 0.197 e. The van der Waals surface area contributed by atoms with Gasteiger partial charge >= 0.3 is 0 Å². The topological polar surface area (TPSA) is 83.1 Å². The van der Waals surface area contributed by atoms with E-state index < -0.39 is 0 Å². The van der Waals surface area contributed by atoms with Crippen LogP contribution in [-0.4, -0.2) is 48.5 Å². The van der Waals surface area contributed by atoms with Crippen molar-refractivity contribution >= 4 is 22.6 Å². The van der Waals surface area contributed by atoms with E-state index in [9.17, 15) is 15.0 Å². The summed E-state index contributed by atoms with van der Waals surface area (Å²) in [7, 11) is 3.45. The van der Waals surface area contributed by atoms with E-state index >= 15 is 0 Å². The molecule has 2 atom stereocenters. The molecule has 29 heavy (non-hydrogen) atoms. The Balaban J connectivity index is 2.05. The van der Waals surface area contributed by atoms with Crippen molar-refractivity contribution in [2.75, 3.05) is 27.3 Å². The Kier molecular flexibility index (Phi) is 5.25. The third kappa shape index (κ3) is 3.27. The van der Waals surface area contributed by atoms with Crippen LogP contribution in [-0.2, 0) is 0 Å². The number of methoxy groups -OCH3 is 1. The molecule has 1 saturated heterocycles. The zero-order chi connectivity index (χ0) is 20.7. The Morgan fingerprint density at radius 1 is 1.31 bits per heavy atom. The molecule has 4 rings (SSSR count). The molecule has 0 saturated carbocycles. The number of halogens is 1. The highest BCUT2D eigenvalue weighted by Gasteiger charge is 2.37. The van der Waals surface area contributed by atoms with Crippen LogP contribution in [0.15, 0.2) is 45.6 Å². The Morgan fingerprint density at radius 2 is 2.07 bits per heavy atom.